The number of Topliss-reactive ketones (excluding diaryl/α,β-unsaturated/α-hetero) is 1. The molecular weight excluding hydrogens is 320 g/mol. The molecule has 0 aliphatic rings. The van der Waals surface area contributed by atoms with Crippen molar-refractivity contribution in [1.82, 2.24) is 9.78 Å². The first-order valence-electron chi connectivity index (χ1n) is 5.39. The molecule has 7 heteroatoms. The van der Waals surface area contributed by atoms with Crippen LogP contribution in [0.15, 0.2) is 4.47 Å². The van der Waals surface area contributed by atoms with Crippen LogP contribution in [0.1, 0.15) is 25.2 Å². The second-order valence-corrected chi connectivity index (χ2v) is 8.21. The van der Waals surface area contributed by atoms with Crippen LogP contribution in [0, 0.1) is 6.92 Å². The van der Waals surface area contributed by atoms with Crippen molar-refractivity contribution in [3.05, 3.63) is 15.9 Å². The standard InChI is InChI=1S/C11H17BrN2O3S/c1-7-10(12)8(14(4)13-7)6-9(15)11(2,3)18(5,16)17/h6H2,1-5H3. The fraction of sp³-hybridized carbons (Fsp3) is 0.636. The lowest BCUT2D eigenvalue weighted by molar-refractivity contribution is -0.120. The van der Waals surface area contributed by atoms with Crippen molar-refractivity contribution < 1.29 is 13.2 Å². The molecule has 0 saturated heterocycles. The van der Waals surface area contributed by atoms with Gasteiger partial charge in [0.1, 0.15) is 4.75 Å². The van der Waals surface area contributed by atoms with Crippen LogP contribution in [0.4, 0.5) is 0 Å². The molecule has 0 aliphatic carbocycles. The lowest BCUT2D eigenvalue weighted by Crippen LogP contribution is -2.41. The number of halogens is 1. The number of hydrogen-bond donors (Lipinski definition) is 0. The van der Waals surface area contributed by atoms with Crippen LogP contribution in [-0.4, -0.2) is 35.0 Å². The quantitative estimate of drug-likeness (QED) is 0.833. The fourth-order valence-corrected chi connectivity index (χ4v) is 2.41. The summed E-state index contributed by atoms with van der Waals surface area (Å²) in [6, 6.07) is 0. The summed E-state index contributed by atoms with van der Waals surface area (Å²) in [7, 11) is -1.71. The summed E-state index contributed by atoms with van der Waals surface area (Å²) in [6.07, 6.45) is 1.12. The Morgan fingerprint density at radius 2 is 1.94 bits per heavy atom. The van der Waals surface area contributed by atoms with Gasteiger partial charge in [0.05, 0.1) is 22.3 Å². The molecule has 0 saturated carbocycles. The van der Waals surface area contributed by atoms with Gasteiger partial charge >= 0.3 is 0 Å². The highest BCUT2D eigenvalue weighted by molar-refractivity contribution is 9.10. The molecule has 0 bridgehead atoms. The largest absolute Gasteiger partial charge is 0.298 e. The first kappa shape index (κ1) is 15.4. The van der Waals surface area contributed by atoms with Crippen molar-refractivity contribution in [2.75, 3.05) is 6.26 Å². The predicted molar refractivity (Wildman–Crippen MR) is 73.3 cm³/mol. The molecule has 0 amide bonds. The van der Waals surface area contributed by atoms with E-state index in [1.54, 1.807) is 11.7 Å². The van der Waals surface area contributed by atoms with Crippen molar-refractivity contribution in [2.24, 2.45) is 7.05 Å². The van der Waals surface area contributed by atoms with E-state index < -0.39 is 14.6 Å². The van der Waals surface area contributed by atoms with E-state index in [2.05, 4.69) is 21.0 Å². The number of aromatic nitrogens is 2. The van der Waals surface area contributed by atoms with E-state index in [1.807, 2.05) is 6.92 Å². The minimum absolute atomic E-state index is 0.0397. The number of nitrogens with zero attached hydrogens (tertiary/aromatic N) is 2. The SMILES string of the molecule is Cc1nn(C)c(CC(=O)C(C)(C)S(C)(=O)=O)c1Br. The monoisotopic (exact) mass is 336 g/mol. The molecule has 0 aliphatic heterocycles. The maximum Gasteiger partial charge on any atom is 0.159 e. The van der Waals surface area contributed by atoms with Crippen LogP contribution >= 0.6 is 15.9 Å². The molecule has 1 aromatic rings. The zero-order valence-corrected chi connectivity index (χ0v) is 13.5. The van der Waals surface area contributed by atoms with Gasteiger partial charge in [-0.3, -0.25) is 9.48 Å². The van der Waals surface area contributed by atoms with Gasteiger partial charge in [-0.1, -0.05) is 0 Å². The first-order valence-corrected chi connectivity index (χ1v) is 8.07. The number of ketones is 1. The van der Waals surface area contributed by atoms with Crippen LogP contribution in [-0.2, 0) is 28.1 Å². The summed E-state index contributed by atoms with van der Waals surface area (Å²) >= 11 is 3.36. The minimum Gasteiger partial charge on any atom is -0.298 e. The maximum absolute atomic E-state index is 12.2. The summed E-state index contributed by atoms with van der Waals surface area (Å²) in [6.45, 7) is 4.68. The zero-order valence-electron chi connectivity index (χ0n) is 11.1. The molecule has 0 spiro atoms. The van der Waals surface area contributed by atoms with E-state index >= 15 is 0 Å². The van der Waals surface area contributed by atoms with Crippen molar-refractivity contribution in [2.45, 2.75) is 31.9 Å². The van der Waals surface area contributed by atoms with Gasteiger partial charge in [0.15, 0.2) is 15.6 Å². The number of carbonyl (C=O) groups excluding carboxylic acids is 1. The molecule has 5 nitrogen and oxygen atoms in total. The molecule has 1 heterocycles. The van der Waals surface area contributed by atoms with Crippen LogP contribution in [0.25, 0.3) is 0 Å². The molecule has 0 unspecified atom stereocenters. The highest BCUT2D eigenvalue weighted by Gasteiger charge is 2.38. The van der Waals surface area contributed by atoms with Crippen molar-refractivity contribution in [3.63, 3.8) is 0 Å². The Morgan fingerprint density at radius 3 is 2.28 bits per heavy atom. The second kappa shape index (κ2) is 4.77. The lowest BCUT2D eigenvalue weighted by Gasteiger charge is -2.20. The van der Waals surface area contributed by atoms with Crippen LogP contribution in [0.5, 0.6) is 0 Å². The molecule has 0 fully saturated rings. The number of sulfone groups is 1. The Hall–Kier alpha value is -0.690. The van der Waals surface area contributed by atoms with E-state index in [0.29, 0.717) is 5.69 Å². The van der Waals surface area contributed by atoms with E-state index in [1.165, 1.54) is 13.8 Å². The Labute approximate surface area is 116 Å². The van der Waals surface area contributed by atoms with Gasteiger partial charge in [-0.05, 0) is 36.7 Å². The Kier molecular flexibility index (Phi) is 4.07. The summed E-state index contributed by atoms with van der Waals surface area (Å²) < 4.78 is 24.2. The van der Waals surface area contributed by atoms with Gasteiger partial charge in [0, 0.05) is 13.3 Å². The number of aryl methyl sites for hydroxylation is 2. The van der Waals surface area contributed by atoms with Gasteiger partial charge in [0.25, 0.3) is 0 Å². The summed E-state index contributed by atoms with van der Waals surface area (Å²) in [4.78, 5) is 12.2. The smallest absolute Gasteiger partial charge is 0.159 e. The van der Waals surface area contributed by atoms with Gasteiger partial charge in [-0.25, -0.2) is 8.42 Å². The lowest BCUT2D eigenvalue weighted by atomic mass is 10.0. The minimum atomic E-state index is -3.44. The fourth-order valence-electron chi connectivity index (χ4n) is 1.44. The van der Waals surface area contributed by atoms with Crippen molar-refractivity contribution in [1.29, 1.82) is 0 Å². The van der Waals surface area contributed by atoms with Crippen molar-refractivity contribution in [3.8, 4) is 0 Å². The summed E-state index contributed by atoms with van der Waals surface area (Å²) in [5.74, 6) is -0.339. The van der Waals surface area contributed by atoms with Crippen molar-refractivity contribution >= 4 is 31.6 Å². The Bertz CT molecular complexity index is 588. The number of carbonyl (C=O) groups is 1. The van der Waals surface area contributed by atoms with E-state index in [-0.39, 0.29) is 12.2 Å². The molecule has 1 aromatic heterocycles. The van der Waals surface area contributed by atoms with Crippen LogP contribution in [0.2, 0.25) is 0 Å². The Morgan fingerprint density at radius 1 is 1.44 bits per heavy atom. The molecule has 1 rings (SSSR count). The van der Waals surface area contributed by atoms with E-state index in [4.69, 9.17) is 0 Å². The zero-order chi connectivity index (χ0) is 14.3. The van der Waals surface area contributed by atoms with Gasteiger partial charge in [-0.2, -0.15) is 5.10 Å². The summed E-state index contributed by atoms with van der Waals surface area (Å²) in [5, 5.41) is 4.18. The molecule has 0 radical (unpaired) electrons. The number of rotatable bonds is 4. The molecule has 0 atom stereocenters. The third-order valence-corrected chi connectivity index (χ3v) is 6.30. The van der Waals surface area contributed by atoms with E-state index in [9.17, 15) is 13.2 Å². The highest BCUT2D eigenvalue weighted by Crippen LogP contribution is 2.24. The normalized spacial score (nSPS) is 12.8. The van der Waals surface area contributed by atoms with E-state index in [0.717, 1.165) is 16.4 Å². The highest BCUT2D eigenvalue weighted by atomic mass is 79.9. The third kappa shape index (κ3) is 2.66. The van der Waals surface area contributed by atoms with Crippen LogP contribution in [0.3, 0.4) is 0 Å². The third-order valence-electron chi connectivity index (χ3n) is 3.19. The average molecular weight is 337 g/mol. The maximum atomic E-state index is 12.2. The van der Waals surface area contributed by atoms with Gasteiger partial charge < -0.3 is 0 Å². The first-order chi connectivity index (χ1) is 7.98. The molecule has 0 aromatic carbocycles. The average Bonchev–Trinajstić information content (AvgIpc) is 2.43. The molecule has 0 N–H and O–H groups in total. The topological polar surface area (TPSA) is 69.0 Å². The molecule has 102 valence electrons. The predicted octanol–water partition coefficient (Wildman–Crippen LogP) is 1.43. The molecular formula is C11H17BrN2O3S. The van der Waals surface area contributed by atoms with Gasteiger partial charge in [-0.15, -0.1) is 0 Å². The van der Waals surface area contributed by atoms with Gasteiger partial charge in [0.2, 0.25) is 0 Å². The second-order valence-electron chi connectivity index (χ2n) is 4.85. The van der Waals surface area contributed by atoms with Crippen LogP contribution < -0.4 is 0 Å². The Balaban J connectivity index is 3.10. The summed E-state index contributed by atoms with van der Waals surface area (Å²) in [5.41, 5.74) is 1.46. The number of hydrogen-bond acceptors (Lipinski definition) is 4. The molecule has 18 heavy (non-hydrogen) atoms.